The lowest BCUT2D eigenvalue weighted by atomic mass is 10.2. The Balaban J connectivity index is 2.03. The molecule has 84 valence electrons. The van der Waals surface area contributed by atoms with Gasteiger partial charge in [-0.05, 0) is 23.8 Å². The molecule has 16 heavy (non-hydrogen) atoms. The number of hydrogen-bond donors (Lipinski definition) is 1. The molecule has 0 fully saturated rings. The number of hydrogen-bond acceptors (Lipinski definition) is 4. The molecule has 1 heterocycles. The lowest BCUT2D eigenvalue weighted by Gasteiger charge is -2.24. The number of benzene rings is 1. The average Bonchev–Trinajstić information content (AvgIpc) is 2.33. The minimum absolute atomic E-state index is 0.619. The molecule has 1 aliphatic heterocycles. The molecule has 2 N–H and O–H groups in total. The van der Waals surface area contributed by atoms with Crippen LogP contribution in [-0.4, -0.2) is 24.9 Å². The number of rotatable bonds is 3. The first-order valence-corrected chi connectivity index (χ1v) is 5.13. The summed E-state index contributed by atoms with van der Waals surface area (Å²) in [6.07, 6.45) is 3.55. The molecular weight excluding hydrogens is 202 g/mol. The minimum Gasteiger partial charge on any atom is -0.497 e. The zero-order chi connectivity index (χ0) is 11.4. The molecule has 2 rings (SSSR count). The Labute approximate surface area is 95.0 Å². The summed E-state index contributed by atoms with van der Waals surface area (Å²) >= 11 is 0. The van der Waals surface area contributed by atoms with Crippen molar-refractivity contribution in [3.8, 4) is 5.75 Å². The van der Waals surface area contributed by atoms with Gasteiger partial charge in [-0.1, -0.05) is 12.1 Å². The molecule has 4 heteroatoms. The predicted octanol–water partition coefficient (Wildman–Crippen LogP) is 1.34. The summed E-state index contributed by atoms with van der Waals surface area (Å²) in [6, 6.07) is 7.96. The van der Waals surface area contributed by atoms with Gasteiger partial charge in [0.25, 0.3) is 0 Å². The predicted molar refractivity (Wildman–Crippen MR) is 64.2 cm³/mol. The third kappa shape index (κ3) is 2.34. The Morgan fingerprint density at radius 2 is 2.12 bits per heavy atom. The second-order valence-corrected chi connectivity index (χ2v) is 3.61. The van der Waals surface area contributed by atoms with E-state index < -0.39 is 0 Å². The fourth-order valence-electron chi connectivity index (χ4n) is 1.55. The summed E-state index contributed by atoms with van der Waals surface area (Å²) in [6.45, 7) is 1.39. The standard InChI is InChI=1S/C12H15N3O/c1-16-11-4-2-10(3-5-11)8-15-9-14-7-6-12(15)13/h2-7H,8-9,13H2,1H3. The van der Waals surface area contributed by atoms with Crippen LogP contribution in [0.3, 0.4) is 0 Å². The lowest BCUT2D eigenvalue weighted by Crippen LogP contribution is -2.29. The van der Waals surface area contributed by atoms with E-state index in [9.17, 15) is 0 Å². The minimum atomic E-state index is 0.619. The summed E-state index contributed by atoms with van der Waals surface area (Å²) in [5.74, 6) is 1.62. The van der Waals surface area contributed by atoms with Crippen LogP contribution >= 0.6 is 0 Å². The quantitative estimate of drug-likeness (QED) is 0.831. The molecule has 0 bridgehead atoms. The topological polar surface area (TPSA) is 50.8 Å². The fourth-order valence-corrected chi connectivity index (χ4v) is 1.55. The molecular formula is C12H15N3O. The van der Waals surface area contributed by atoms with Crippen molar-refractivity contribution in [1.82, 2.24) is 4.90 Å². The zero-order valence-corrected chi connectivity index (χ0v) is 9.26. The largest absolute Gasteiger partial charge is 0.497 e. The first-order chi connectivity index (χ1) is 7.79. The van der Waals surface area contributed by atoms with E-state index in [2.05, 4.69) is 4.99 Å². The number of ether oxygens (including phenoxy) is 1. The Kier molecular flexibility index (Phi) is 3.10. The van der Waals surface area contributed by atoms with Crippen molar-refractivity contribution in [2.75, 3.05) is 13.8 Å². The molecule has 0 atom stereocenters. The molecule has 0 radical (unpaired) electrons. The van der Waals surface area contributed by atoms with Crippen LogP contribution in [0.15, 0.2) is 41.2 Å². The van der Waals surface area contributed by atoms with Gasteiger partial charge in [-0.2, -0.15) is 0 Å². The van der Waals surface area contributed by atoms with Gasteiger partial charge in [0.1, 0.15) is 18.2 Å². The summed E-state index contributed by atoms with van der Waals surface area (Å²) in [4.78, 5) is 6.17. The molecule has 1 aromatic carbocycles. The molecule has 1 aromatic rings. The van der Waals surface area contributed by atoms with Gasteiger partial charge in [0.15, 0.2) is 0 Å². The highest BCUT2D eigenvalue weighted by Crippen LogP contribution is 2.14. The van der Waals surface area contributed by atoms with E-state index in [4.69, 9.17) is 10.5 Å². The number of methoxy groups -OCH3 is 1. The van der Waals surface area contributed by atoms with Crippen molar-refractivity contribution >= 4 is 6.21 Å². The number of nitrogens with zero attached hydrogens (tertiary/aromatic N) is 2. The molecule has 0 unspecified atom stereocenters. The molecule has 0 saturated carbocycles. The lowest BCUT2D eigenvalue weighted by molar-refractivity contribution is 0.341. The maximum atomic E-state index is 5.85. The van der Waals surface area contributed by atoms with Crippen LogP contribution in [0.2, 0.25) is 0 Å². The monoisotopic (exact) mass is 217 g/mol. The molecule has 0 amide bonds. The van der Waals surface area contributed by atoms with Gasteiger partial charge >= 0.3 is 0 Å². The Hall–Kier alpha value is -1.97. The van der Waals surface area contributed by atoms with Gasteiger partial charge < -0.3 is 15.4 Å². The summed E-state index contributed by atoms with van der Waals surface area (Å²) in [5, 5.41) is 0. The molecule has 0 spiro atoms. The van der Waals surface area contributed by atoms with Crippen LogP contribution in [0.4, 0.5) is 0 Å². The smallest absolute Gasteiger partial charge is 0.118 e. The molecule has 4 nitrogen and oxygen atoms in total. The van der Waals surface area contributed by atoms with E-state index in [0.717, 1.165) is 18.1 Å². The van der Waals surface area contributed by atoms with Crippen molar-refractivity contribution in [2.45, 2.75) is 6.54 Å². The van der Waals surface area contributed by atoms with Crippen molar-refractivity contribution < 1.29 is 4.74 Å². The van der Waals surface area contributed by atoms with E-state index in [0.29, 0.717) is 6.67 Å². The van der Waals surface area contributed by atoms with Crippen LogP contribution in [0.25, 0.3) is 0 Å². The van der Waals surface area contributed by atoms with E-state index in [1.807, 2.05) is 35.2 Å². The van der Waals surface area contributed by atoms with Crippen molar-refractivity contribution in [2.24, 2.45) is 10.7 Å². The van der Waals surface area contributed by atoms with Gasteiger partial charge in [0, 0.05) is 12.8 Å². The highest BCUT2D eigenvalue weighted by molar-refractivity contribution is 5.72. The number of allylic oxidation sites excluding steroid dienone is 1. The van der Waals surface area contributed by atoms with Gasteiger partial charge in [0.05, 0.1) is 7.11 Å². The van der Waals surface area contributed by atoms with Crippen LogP contribution in [0.1, 0.15) is 5.56 Å². The summed E-state index contributed by atoms with van der Waals surface area (Å²) < 4.78 is 5.11. The van der Waals surface area contributed by atoms with Gasteiger partial charge in [0.2, 0.25) is 0 Å². The Bertz CT molecular complexity index is 409. The summed E-state index contributed by atoms with van der Waals surface area (Å²) in [5.41, 5.74) is 7.04. The fraction of sp³-hybridized carbons (Fsp3) is 0.250. The number of aliphatic imine (C=N–C) groups is 1. The molecule has 0 saturated heterocycles. The SMILES string of the molecule is COc1ccc(CN2CN=CC=C2N)cc1. The maximum Gasteiger partial charge on any atom is 0.118 e. The first kappa shape index (κ1) is 10.5. The van der Waals surface area contributed by atoms with E-state index >= 15 is 0 Å². The van der Waals surface area contributed by atoms with Gasteiger partial charge in [-0.3, -0.25) is 4.99 Å². The third-order valence-electron chi connectivity index (χ3n) is 2.50. The molecule has 0 aromatic heterocycles. The highest BCUT2D eigenvalue weighted by atomic mass is 16.5. The molecule has 0 aliphatic carbocycles. The third-order valence-corrected chi connectivity index (χ3v) is 2.50. The Morgan fingerprint density at radius 1 is 1.38 bits per heavy atom. The first-order valence-electron chi connectivity index (χ1n) is 5.13. The van der Waals surface area contributed by atoms with Crippen LogP contribution < -0.4 is 10.5 Å². The Morgan fingerprint density at radius 3 is 2.75 bits per heavy atom. The summed E-state index contributed by atoms with van der Waals surface area (Å²) in [7, 11) is 1.66. The van der Waals surface area contributed by atoms with E-state index in [1.54, 1.807) is 13.3 Å². The van der Waals surface area contributed by atoms with Crippen molar-refractivity contribution in [1.29, 1.82) is 0 Å². The second kappa shape index (κ2) is 4.70. The van der Waals surface area contributed by atoms with E-state index in [1.165, 1.54) is 5.56 Å². The maximum absolute atomic E-state index is 5.85. The highest BCUT2D eigenvalue weighted by Gasteiger charge is 2.08. The zero-order valence-electron chi connectivity index (χ0n) is 9.26. The second-order valence-electron chi connectivity index (χ2n) is 3.61. The van der Waals surface area contributed by atoms with Crippen molar-refractivity contribution in [3.05, 3.63) is 41.7 Å². The van der Waals surface area contributed by atoms with E-state index in [-0.39, 0.29) is 0 Å². The normalized spacial score (nSPS) is 14.8. The van der Waals surface area contributed by atoms with Gasteiger partial charge in [-0.15, -0.1) is 0 Å². The van der Waals surface area contributed by atoms with Crippen molar-refractivity contribution in [3.63, 3.8) is 0 Å². The van der Waals surface area contributed by atoms with Gasteiger partial charge in [-0.25, -0.2) is 0 Å². The van der Waals surface area contributed by atoms with Crippen LogP contribution in [0.5, 0.6) is 5.75 Å². The van der Waals surface area contributed by atoms with Crippen LogP contribution in [-0.2, 0) is 6.54 Å². The average molecular weight is 217 g/mol. The van der Waals surface area contributed by atoms with Crippen LogP contribution in [0, 0.1) is 0 Å². The number of nitrogens with two attached hydrogens (primary N) is 1. The molecule has 1 aliphatic rings.